The highest BCUT2D eigenvalue weighted by atomic mass is 31.2. The van der Waals surface area contributed by atoms with Gasteiger partial charge in [-0.2, -0.15) is 5.26 Å². The van der Waals surface area contributed by atoms with E-state index in [0.717, 1.165) is 21.5 Å². The molecule has 0 aliphatic carbocycles. The first-order chi connectivity index (χ1) is 14.2. The van der Waals surface area contributed by atoms with Crippen LogP contribution in [0.3, 0.4) is 0 Å². The summed E-state index contributed by atoms with van der Waals surface area (Å²) < 4.78 is 5.22. The Balaban J connectivity index is 2.37. The van der Waals surface area contributed by atoms with Crippen molar-refractivity contribution in [2.45, 2.75) is 19.8 Å². The first-order valence-electron chi connectivity index (χ1n) is 9.67. The zero-order chi connectivity index (χ0) is 20.5. The minimum absolute atomic E-state index is 0.215. The lowest BCUT2D eigenvalue weighted by atomic mass is 10.2. The Kier molecular flexibility index (Phi) is 7.06. The molecule has 0 atom stereocenters. The summed E-state index contributed by atoms with van der Waals surface area (Å²) in [6.07, 6.45) is 0.539. The summed E-state index contributed by atoms with van der Waals surface area (Å²) in [5.41, 5.74) is 0.996. The molecule has 0 aromatic heterocycles. The van der Waals surface area contributed by atoms with Gasteiger partial charge in [-0.15, -0.1) is 0 Å². The van der Waals surface area contributed by atoms with Gasteiger partial charge in [0, 0.05) is 0 Å². The Labute approximate surface area is 172 Å². The van der Waals surface area contributed by atoms with Gasteiger partial charge in [0.25, 0.3) is 0 Å². The number of ether oxygens (including phenoxy) is 1. The molecule has 0 radical (unpaired) electrons. The molecule has 0 fully saturated rings. The molecule has 0 aliphatic rings. The minimum Gasteiger partial charge on any atom is -0.466 e. The van der Waals surface area contributed by atoms with Gasteiger partial charge in [0.05, 0.1) is 25.5 Å². The molecule has 3 aromatic rings. The van der Waals surface area contributed by atoms with Crippen LogP contribution in [0.1, 0.15) is 18.9 Å². The van der Waals surface area contributed by atoms with Gasteiger partial charge in [-0.3, -0.25) is 4.79 Å². The maximum atomic E-state index is 12.3. The smallest absolute Gasteiger partial charge is 0.309 e. The van der Waals surface area contributed by atoms with Crippen LogP contribution >= 0.6 is 6.89 Å². The highest BCUT2D eigenvalue weighted by Gasteiger charge is 2.27. The van der Waals surface area contributed by atoms with Crippen molar-refractivity contribution >= 4 is 34.6 Å². The lowest BCUT2D eigenvalue weighted by Crippen LogP contribution is -2.29. The average molecular weight is 401 g/mol. The highest BCUT2D eigenvalue weighted by Crippen LogP contribution is 2.45. The number of hydrogen-bond acceptors (Lipinski definition) is 3. The van der Waals surface area contributed by atoms with Crippen molar-refractivity contribution in [1.29, 1.82) is 5.26 Å². The van der Waals surface area contributed by atoms with Crippen molar-refractivity contribution in [2.24, 2.45) is 0 Å². The predicted octanol–water partition coefficient (Wildman–Crippen LogP) is 3.80. The molecule has 0 saturated carbocycles. The fourth-order valence-electron chi connectivity index (χ4n) is 3.58. The van der Waals surface area contributed by atoms with Crippen LogP contribution in [-0.2, 0) is 16.0 Å². The molecule has 0 N–H and O–H groups in total. The van der Waals surface area contributed by atoms with E-state index in [1.165, 1.54) is 0 Å². The van der Waals surface area contributed by atoms with Gasteiger partial charge >= 0.3 is 5.97 Å². The van der Waals surface area contributed by atoms with E-state index in [9.17, 15) is 10.1 Å². The Morgan fingerprint density at radius 3 is 2.03 bits per heavy atom. The summed E-state index contributed by atoms with van der Waals surface area (Å²) in [6, 6.07) is 30.9. The number of nitriles is 1. The number of benzene rings is 3. The first-order valence-corrected chi connectivity index (χ1v) is 11.5. The Morgan fingerprint density at radius 1 is 0.931 bits per heavy atom. The lowest BCUT2D eigenvalue weighted by molar-refractivity contribution is -0.141. The molecule has 0 aliphatic heterocycles. The number of carbonyl (C=O) groups is 1. The molecule has 3 rings (SSSR count). The number of nitrogens with zero attached hydrogens (tertiary/aromatic N) is 1. The summed E-state index contributed by atoms with van der Waals surface area (Å²) in [7, 11) is 0. The Hall–Kier alpha value is -3.08. The summed E-state index contributed by atoms with van der Waals surface area (Å²) in [5.74, 6) is 1.90. The van der Waals surface area contributed by atoms with Gasteiger partial charge in [0.2, 0.25) is 0 Å². The molecular weight excluding hydrogens is 377 g/mol. The van der Waals surface area contributed by atoms with E-state index >= 15 is 0 Å². The normalized spacial score (nSPS) is 10.8. The van der Waals surface area contributed by atoms with Crippen LogP contribution in [0.15, 0.2) is 84.9 Å². The third-order valence-corrected chi connectivity index (χ3v) is 8.96. The van der Waals surface area contributed by atoms with Crippen LogP contribution < -0.4 is 15.9 Å². The number of rotatable bonds is 7. The van der Waals surface area contributed by atoms with Crippen molar-refractivity contribution in [3.05, 3.63) is 90.5 Å². The second-order valence-electron chi connectivity index (χ2n) is 6.55. The molecule has 0 heterocycles. The SMILES string of the molecule is CCOC(=O)CC=P(c1ccccc1)(c1ccccc1)c1ccccc1CC#N. The molecule has 146 valence electrons. The molecule has 3 nitrogen and oxygen atoms in total. The predicted molar refractivity (Wildman–Crippen MR) is 122 cm³/mol. The van der Waals surface area contributed by atoms with Crippen LogP contribution in [0.4, 0.5) is 0 Å². The topological polar surface area (TPSA) is 50.1 Å². The fourth-order valence-corrected chi connectivity index (χ4v) is 7.69. The van der Waals surface area contributed by atoms with Gasteiger partial charge in [-0.1, -0.05) is 90.7 Å². The van der Waals surface area contributed by atoms with Crippen molar-refractivity contribution in [2.75, 3.05) is 6.61 Å². The third kappa shape index (κ3) is 4.50. The molecule has 29 heavy (non-hydrogen) atoms. The van der Waals surface area contributed by atoms with Gasteiger partial charge < -0.3 is 4.74 Å². The van der Waals surface area contributed by atoms with E-state index in [4.69, 9.17) is 4.74 Å². The van der Waals surface area contributed by atoms with Gasteiger partial charge in [0.15, 0.2) is 0 Å². The third-order valence-electron chi connectivity index (χ3n) is 4.81. The lowest BCUT2D eigenvalue weighted by Gasteiger charge is -2.30. The van der Waals surface area contributed by atoms with E-state index in [1.54, 1.807) is 0 Å². The monoisotopic (exact) mass is 401 g/mol. The maximum Gasteiger partial charge on any atom is 0.309 e. The van der Waals surface area contributed by atoms with Crippen LogP contribution in [0.2, 0.25) is 0 Å². The number of carbonyl (C=O) groups excluding carboxylic acids is 1. The summed E-state index contributed by atoms with van der Waals surface area (Å²) in [4.78, 5) is 12.3. The largest absolute Gasteiger partial charge is 0.466 e. The second kappa shape index (κ2) is 9.92. The zero-order valence-corrected chi connectivity index (χ0v) is 17.4. The number of hydrogen-bond donors (Lipinski definition) is 0. The maximum absolute atomic E-state index is 12.3. The average Bonchev–Trinajstić information content (AvgIpc) is 2.77. The van der Waals surface area contributed by atoms with Crippen molar-refractivity contribution < 1.29 is 9.53 Å². The van der Waals surface area contributed by atoms with Crippen molar-refractivity contribution in [3.63, 3.8) is 0 Å². The van der Waals surface area contributed by atoms with Gasteiger partial charge in [-0.05, 0) is 35.3 Å². The van der Waals surface area contributed by atoms with Crippen molar-refractivity contribution in [1.82, 2.24) is 0 Å². The van der Waals surface area contributed by atoms with E-state index < -0.39 is 6.89 Å². The van der Waals surface area contributed by atoms with Crippen LogP contribution in [-0.4, -0.2) is 18.4 Å². The quantitative estimate of drug-likeness (QED) is 0.447. The van der Waals surface area contributed by atoms with Crippen LogP contribution in [0.5, 0.6) is 0 Å². The van der Waals surface area contributed by atoms with E-state index in [0.29, 0.717) is 13.0 Å². The molecule has 3 aromatic carbocycles. The van der Waals surface area contributed by atoms with Gasteiger partial charge in [-0.25, -0.2) is 0 Å². The minimum atomic E-state index is -2.28. The van der Waals surface area contributed by atoms with Gasteiger partial charge in [0.1, 0.15) is 0 Å². The van der Waals surface area contributed by atoms with E-state index in [1.807, 2.05) is 61.5 Å². The summed E-state index contributed by atoms with van der Waals surface area (Å²) >= 11 is 0. The molecule has 0 amide bonds. The standard InChI is InChI=1S/C25H24NO2P/c1-2-28-25(27)18-20-29(22-12-5-3-6-13-22,23-14-7-4-8-15-23)24-16-10-9-11-21(24)17-19-26/h3-16,20H,2,17-18H2,1H3. The van der Waals surface area contributed by atoms with E-state index in [2.05, 4.69) is 42.2 Å². The molecule has 4 heteroatoms. The zero-order valence-electron chi connectivity index (χ0n) is 16.5. The molecule has 0 bridgehead atoms. The Morgan fingerprint density at radius 2 is 1.48 bits per heavy atom. The van der Waals surface area contributed by atoms with E-state index in [-0.39, 0.29) is 12.4 Å². The second-order valence-corrected chi connectivity index (χ2v) is 9.87. The van der Waals surface area contributed by atoms with Crippen LogP contribution in [0.25, 0.3) is 0 Å². The first kappa shape index (κ1) is 20.6. The Bertz CT molecular complexity index is 1010. The summed E-state index contributed by atoms with van der Waals surface area (Å²) in [6.45, 7) is -0.0978. The van der Waals surface area contributed by atoms with Crippen LogP contribution in [0, 0.1) is 11.3 Å². The molecule has 0 unspecified atom stereocenters. The van der Waals surface area contributed by atoms with Crippen molar-refractivity contribution in [3.8, 4) is 6.07 Å². The molecule has 0 spiro atoms. The number of esters is 1. The molecule has 0 saturated heterocycles. The molecular formula is C25H24NO2P. The highest BCUT2D eigenvalue weighted by molar-refractivity contribution is 7.94. The summed E-state index contributed by atoms with van der Waals surface area (Å²) in [5, 5.41) is 12.8. The fraction of sp³-hybridized carbons (Fsp3) is 0.160.